The number of likely N-dealkylation sites (tertiary alicyclic amines) is 1. The molecule has 1 saturated carbocycles. The molecular formula is C25H39N3O3. The van der Waals surface area contributed by atoms with E-state index in [9.17, 15) is 9.59 Å². The van der Waals surface area contributed by atoms with Gasteiger partial charge in [0.05, 0.1) is 6.04 Å². The first-order valence-corrected chi connectivity index (χ1v) is 11.7. The molecule has 172 valence electrons. The first-order valence-electron chi connectivity index (χ1n) is 11.7. The van der Waals surface area contributed by atoms with E-state index in [0.29, 0.717) is 12.5 Å². The monoisotopic (exact) mass is 429 g/mol. The summed E-state index contributed by atoms with van der Waals surface area (Å²) >= 11 is 0. The molecule has 1 aliphatic heterocycles. The van der Waals surface area contributed by atoms with Crippen LogP contribution in [-0.2, 0) is 16.1 Å². The number of benzene rings is 1. The van der Waals surface area contributed by atoms with Crippen molar-refractivity contribution in [3.63, 3.8) is 0 Å². The van der Waals surface area contributed by atoms with Gasteiger partial charge in [0.1, 0.15) is 11.9 Å². The van der Waals surface area contributed by atoms with Crippen LogP contribution in [0.4, 0.5) is 4.79 Å². The maximum atomic E-state index is 12.2. The molecule has 1 N–H and O–H groups in total. The molecule has 1 aromatic carbocycles. The molecule has 31 heavy (non-hydrogen) atoms. The second-order valence-electron chi connectivity index (χ2n) is 10.2. The fourth-order valence-corrected chi connectivity index (χ4v) is 5.00. The summed E-state index contributed by atoms with van der Waals surface area (Å²) in [6, 6.07) is 10.8. The number of hydrogen-bond acceptors (Lipinski definition) is 5. The molecule has 3 rings (SSSR count). The quantitative estimate of drug-likeness (QED) is 0.479. The third-order valence-electron chi connectivity index (χ3n) is 6.60. The molecule has 0 bridgehead atoms. The molecule has 0 unspecified atom stereocenters. The van der Waals surface area contributed by atoms with E-state index in [2.05, 4.69) is 40.5 Å². The van der Waals surface area contributed by atoms with Gasteiger partial charge in [-0.3, -0.25) is 4.90 Å². The number of likely N-dealkylation sites (N-methyl/N-ethyl adjacent to an activating group) is 1. The molecule has 2 fully saturated rings. The largest absolute Gasteiger partial charge is 0.444 e. The van der Waals surface area contributed by atoms with E-state index in [1.807, 2.05) is 20.8 Å². The Morgan fingerprint density at radius 3 is 2.68 bits per heavy atom. The van der Waals surface area contributed by atoms with Crippen LogP contribution in [0, 0.1) is 11.8 Å². The number of fused-ring (bicyclic) bond motifs is 1. The van der Waals surface area contributed by atoms with Crippen LogP contribution in [0.15, 0.2) is 30.3 Å². The van der Waals surface area contributed by atoms with Crippen molar-refractivity contribution >= 4 is 12.4 Å². The van der Waals surface area contributed by atoms with Crippen LogP contribution in [0.25, 0.3) is 0 Å². The van der Waals surface area contributed by atoms with Gasteiger partial charge in [-0.15, -0.1) is 0 Å². The standard InChI is InChI=1S/C25H39N3O3/c1-25(2,3)31-24(30)27(4)21(18-29)11-8-14-26-23-13-12-20-16-28(17-22(20)23)15-19-9-6-5-7-10-19/h5-7,9-10,18,20-23,26H,8,11-17H2,1-4H3/t20-,21+,22+,23+/m1/s1. The van der Waals surface area contributed by atoms with E-state index in [1.165, 1.54) is 29.8 Å². The molecule has 1 aromatic rings. The first-order chi connectivity index (χ1) is 14.8. The molecule has 0 spiro atoms. The predicted octanol–water partition coefficient (Wildman–Crippen LogP) is 3.70. The molecule has 1 heterocycles. The van der Waals surface area contributed by atoms with Crippen molar-refractivity contribution in [3.05, 3.63) is 35.9 Å². The molecule has 1 aliphatic carbocycles. The lowest BCUT2D eigenvalue weighted by atomic mass is 9.97. The Balaban J connectivity index is 1.39. The minimum atomic E-state index is -0.560. The highest BCUT2D eigenvalue weighted by atomic mass is 16.6. The minimum Gasteiger partial charge on any atom is -0.444 e. The van der Waals surface area contributed by atoms with E-state index < -0.39 is 17.7 Å². The Bertz CT molecular complexity index is 718. The number of rotatable bonds is 9. The van der Waals surface area contributed by atoms with Crippen LogP contribution >= 0.6 is 0 Å². The molecule has 0 radical (unpaired) electrons. The smallest absolute Gasteiger partial charge is 0.410 e. The lowest BCUT2D eigenvalue weighted by Gasteiger charge is -2.28. The van der Waals surface area contributed by atoms with Gasteiger partial charge in [0.25, 0.3) is 0 Å². The van der Waals surface area contributed by atoms with Gasteiger partial charge in [0, 0.05) is 32.7 Å². The summed E-state index contributed by atoms with van der Waals surface area (Å²) in [6.07, 6.45) is 4.45. The summed E-state index contributed by atoms with van der Waals surface area (Å²) in [5, 5.41) is 3.75. The van der Waals surface area contributed by atoms with E-state index in [4.69, 9.17) is 4.74 Å². The fraction of sp³-hybridized carbons (Fsp3) is 0.680. The molecule has 6 heteroatoms. The number of ether oxygens (including phenoxy) is 1. The van der Waals surface area contributed by atoms with Crippen LogP contribution in [0.5, 0.6) is 0 Å². The summed E-state index contributed by atoms with van der Waals surface area (Å²) in [5.41, 5.74) is 0.829. The number of nitrogens with zero attached hydrogens (tertiary/aromatic N) is 2. The predicted molar refractivity (Wildman–Crippen MR) is 123 cm³/mol. The van der Waals surface area contributed by atoms with Crippen molar-refractivity contribution < 1.29 is 14.3 Å². The molecule has 0 aromatic heterocycles. The highest BCUT2D eigenvalue weighted by molar-refractivity contribution is 5.73. The fourth-order valence-electron chi connectivity index (χ4n) is 5.00. The van der Waals surface area contributed by atoms with E-state index >= 15 is 0 Å². The number of aldehydes is 1. The Morgan fingerprint density at radius 2 is 2.00 bits per heavy atom. The minimum absolute atomic E-state index is 0.444. The molecule has 4 atom stereocenters. The zero-order valence-corrected chi connectivity index (χ0v) is 19.5. The summed E-state index contributed by atoms with van der Waals surface area (Å²) < 4.78 is 5.38. The van der Waals surface area contributed by atoms with Crippen molar-refractivity contribution in [2.45, 2.75) is 70.7 Å². The van der Waals surface area contributed by atoms with Crippen molar-refractivity contribution in [2.24, 2.45) is 11.8 Å². The van der Waals surface area contributed by atoms with E-state index in [0.717, 1.165) is 44.2 Å². The van der Waals surface area contributed by atoms with Gasteiger partial charge in [-0.1, -0.05) is 30.3 Å². The second-order valence-corrected chi connectivity index (χ2v) is 10.2. The zero-order valence-electron chi connectivity index (χ0n) is 19.5. The summed E-state index contributed by atoms with van der Waals surface area (Å²) in [7, 11) is 1.64. The van der Waals surface area contributed by atoms with Crippen LogP contribution in [0.2, 0.25) is 0 Å². The topological polar surface area (TPSA) is 61.9 Å². The molecular weight excluding hydrogens is 390 g/mol. The Morgan fingerprint density at radius 1 is 1.26 bits per heavy atom. The number of amides is 1. The third kappa shape index (κ3) is 6.78. The Labute approximate surface area is 187 Å². The van der Waals surface area contributed by atoms with Crippen LogP contribution in [-0.4, -0.2) is 66.5 Å². The van der Waals surface area contributed by atoms with Gasteiger partial charge < -0.3 is 19.7 Å². The van der Waals surface area contributed by atoms with Gasteiger partial charge in [-0.05, 0) is 70.4 Å². The SMILES string of the molecule is CN(C(=O)OC(C)(C)C)[C@H](C=O)CCCN[C@H]1CC[C@@H]2CN(Cc3ccccc3)C[C@@H]21. The van der Waals surface area contributed by atoms with Gasteiger partial charge in [-0.25, -0.2) is 4.79 Å². The van der Waals surface area contributed by atoms with Gasteiger partial charge in [0.15, 0.2) is 0 Å². The van der Waals surface area contributed by atoms with Crippen LogP contribution < -0.4 is 5.32 Å². The molecule has 6 nitrogen and oxygen atoms in total. The maximum Gasteiger partial charge on any atom is 0.410 e. The Kier molecular flexibility index (Phi) is 8.11. The lowest BCUT2D eigenvalue weighted by Crippen LogP contribution is -2.42. The third-order valence-corrected chi connectivity index (χ3v) is 6.60. The van der Waals surface area contributed by atoms with Crippen molar-refractivity contribution in [2.75, 3.05) is 26.7 Å². The number of nitrogens with one attached hydrogen (secondary N) is 1. The number of carbonyl (C=O) groups is 2. The number of carbonyl (C=O) groups excluding carboxylic acids is 2. The summed E-state index contributed by atoms with van der Waals surface area (Å²) in [4.78, 5) is 27.8. The second kappa shape index (κ2) is 10.6. The van der Waals surface area contributed by atoms with E-state index in [1.54, 1.807) is 7.05 Å². The van der Waals surface area contributed by atoms with Crippen molar-refractivity contribution in [1.29, 1.82) is 0 Å². The highest BCUT2D eigenvalue weighted by Crippen LogP contribution is 2.38. The first kappa shape index (κ1) is 23.7. The Hall–Kier alpha value is -1.92. The van der Waals surface area contributed by atoms with Gasteiger partial charge in [-0.2, -0.15) is 0 Å². The summed E-state index contributed by atoms with van der Waals surface area (Å²) in [6.45, 7) is 9.77. The average molecular weight is 430 g/mol. The molecule has 1 amide bonds. The molecule has 1 saturated heterocycles. The van der Waals surface area contributed by atoms with Crippen molar-refractivity contribution in [1.82, 2.24) is 15.1 Å². The zero-order chi connectivity index (χ0) is 22.4. The van der Waals surface area contributed by atoms with Crippen molar-refractivity contribution in [3.8, 4) is 0 Å². The highest BCUT2D eigenvalue weighted by Gasteiger charge is 2.42. The van der Waals surface area contributed by atoms with Crippen LogP contribution in [0.3, 0.4) is 0 Å². The average Bonchev–Trinajstić information content (AvgIpc) is 3.28. The van der Waals surface area contributed by atoms with E-state index in [-0.39, 0.29) is 0 Å². The maximum absolute atomic E-state index is 12.2. The van der Waals surface area contributed by atoms with Gasteiger partial charge >= 0.3 is 6.09 Å². The summed E-state index contributed by atoms with van der Waals surface area (Å²) in [5.74, 6) is 1.51. The van der Waals surface area contributed by atoms with Crippen LogP contribution in [0.1, 0.15) is 52.0 Å². The lowest BCUT2D eigenvalue weighted by molar-refractivity contribution is -0.112. The molecule has 2 aliphatic rings. The number of hydrogen-bond donors (Lipinski definition) is 1. The van der Waals surface area contributed by atoms with Gasteiger partial charge in [0.2, 0.25) is 0 Å². The normalized spacial score (nSPS) is 24.6.